The summed E-state index contributed by atoms with van der Waals surface area (Å²) in [6.45, 7) is 6.14. The number of unbranched alkanes of at least 4 members (excludes halogenated alkanes) is 5. The fourth-order valence-corrected chi connectivity index (χ4v) is 3.13. The highest BCUT2D eigenvalue weighted by atomic mass is 16.5. The Labute approximate surface area is 186 Å². The second-order valence-corrected chi connectivity index (χ2v) is 7.62. The van der Waals surface area contributed by atoms with Gasteiger partial charge in [0.25, 0.3) is 0 Å². The number of amides is 1. The molecule has 1 rings (SSSR count). The number of hydrogen-bond acceptors (Lipinski definition) is 5. The zero-order valence-electron chi connectivity index (χ0n) is 19.3. The van der Waals surface area contributed by atoms with Gasteiger partial charge < -0.3 is 24.2 Å². The van der Waals surface area contributed by atoms with Crippen LogP contribution < -0.4 is 4.74 Å². The Balaban J connectivity index is 2.46. The molecule has 0 fully saturated rings. The number of nitrogens with zero attached hydrogens (tertiary/aromatic N) is 1. The van der Waals surface area contributed by atoms with E-state index in [1.807, 2.05) is 31.2 Å². The van der Waals surface area contributed by atoms with Gasteiger partial charge in [-0.25, -0.2) is 9.59 Å². The summed E-state index contributed by atoms with van der Waals surface area (Å²) in [7, 11) is 1.39. The largest absolute Gasteiger partial charge is 0.492 e. The van der Waals surface area contributed by atoms with Gasteiger partial charge in [-0.2, -0.15) is 0 Å². The number of aliphatic carboxylic acids is 1. The van der Waals surface area contributed by atoms with Crippen molar-refractivity contribution in [1.82, 2.24) is 4.90 Å². The zero-order chi connectivity index (χ0) is 22.9. The first-order valence-corrected chi connectivity index (χ1v) is 11.4. The van der Waals surface area contributed by atoms with E-state index in [1.54, 1.807) is 4.90 Å². The van der Waals surface area contributed by atoms with Gasteiger partial charge in [0.15, 0.2) is 6.10 Å². The molecule has 0 aliphatic carbocycles. The molecular formula is C24H39NO6. The molecule has 1 N–H and O–H groups in total. The Kier molecular flexibility index (Phi) is 14.2. The number of carboxylic acids is 1. The van der Waals surface area contributed by atoms with Gasteiger partial charge in [0, 0.05) is 19.6 Å². The minimum absolute atomic E-state index is 0.313. The molecule has 1 unspecified atom stereocenters. The van der Waals surface area contributed by atoms with Crippen molar-refractivity contribution in [2.75, 3.05) is 33.4 Å². The van der Waals surface area contributed by atoms with E-state index in [0.29, 0.717) is 38.5 Å². The predicted molar refractivity (Wildman–Crippen MR) is 121 cm³/mol. The van der Waals surface area contributed by atoms with Crippen LogP contribution in [0.3, 0.4) is 0 Å². The standard InChI is InChI=1S/C24H39NO6/c1-4-6-8-9-10-15-25(24(28)29-3)16-18-30-21-13-11-20(12-14-21)19-22(23(26)27)31-17-7-5-2/h11-14,22H,4-10,15-19H2,1-3H3,(H,26,27). The van der Waals surface area contributed by atoms with Crippen LogP contribution in [0.15, 0.2) is 24.3 Å². The summed E-state index contributed by atoms with van der Waals surface area (Å²) in [6.07, 6.45) is 6.59. The maximum atomic E-state index is 12.0. The Hall–Kier alpha value is -2.28. The summed E-state index contributed by atoms with van der Waals surface area (Å²) in [4.78, 5) is 25.0. The number of carboxylic acid groups (broad SMARTS) is 1. The van der Waals surface area contributed by atoms with Crippen molar-refractivity contribution in [1.29, 1.82) is 0 Å². The fourth-order valence-electron chi connectivity index (χ4n) is 3.13. The summed E-state index contributed by atoms with van der Waals surface area (Å²) in [5.74, 6) is -0.274. The van der Waals surface area contributed by atoms with E-state index in [9.17, 15) is 14.7 Å². The topological polar surface area (TPSA) is 85.3 Å². The number of hydrogen-bond donors (Lipinski definition) is 1. The average molecular weight is 438 g/mol. The predicted octanol–water partition coefficient (Wildman–Crippen LogP) is 4.92. The first-order chi connectivity index (χ1) is 15.0. The molecule has 7 nitrogen and oxygen atoms in total. The van der Waals surface area contributed by atoms with Crippen LogP contribution in [0.5, 0.6) is 5.75 Å². The lowest BCUT2D eigenvalue weighted by molar-refractivity contribution is -0.150. The third-order valence-electron chi connectivity index (χ3n) is 5.03. The number of benzene rings is 1. The number of methoxy groups -OCH3 is 1. The number of carbonyl (C=O) groups excluding carboxylic acids is 1. The molecule has 0 aliphatic rings. The van der Waals surface area contributed by atoms with Gasteiger partial charge in [-0.15, -0.1) is 0 Å². The Morgan fingerprint density at radius 3 is 2.23 bits per heavy atom. The Bertz CT molecular complexity index is 619. The minimum atomic E-state index is -0.950. The summed E-state index contributed by atoms with van der Waals surface area (Å²) < 4.78 is 16.1. The number of ether oxygens (including phenoxy) is 3. The maximum absolute atomic E-state index is 12.0. The van der Waals surface area contributed by atoms with Crippen LogP contribution >= 0.6 is 0 Å². The first kappa shape index (κ1) is 26.8. The second kappa shape index (κ2) is 16.4. The summed E-state index contributed by atoms with van der Waals surface area (Å²) in [5.41, 5.74) is 0.875. The van der Waals surface area contributed by atoms with E-state index in [0.717, 1.165) is 31.2 Å². The van der Waals surface area contributed by atoms with E-state index in [-0.39, 0.29) is 6.09 Å². The molecule has 1 atom stereocenters. The smallest absolute Gasteiger partial charge is 0.409 e. The van der Waals surface area contributed by atoms with E-state index >= 15 is 0 Å². The van der Waals surface area contributed by atoms with E-state index < -0.39 is 12.1 Å². The Morgan fingerprint density at radius 1 is 0.935 bits per heavy atom. The Morgan fingerprint density at radius 2 is 1.61 bits per heavy atom. The lowest BCUT2D eigenvalue weighted by Gasteiger charge is -2.21. The molecule has 0 aliphatic heterocycles. The summed E-state index contributed by atoms with van der Waals surface area (Å²) >= 11 is 0. The fraction of sp³-hybridized carbons (Fsp3) is 0.667. The van der Waals surface area contributed by atoms with Crippen molar-refractivity contribution in [2.24, 2.45) is 0 Å². The molecule has 7 heteroatoms. The lowest BCUT2D eigenvalue weighted by Crippen LogP contribution is -2.35. The van der Waals surface area contributed by atoms with Gasteiger partial charge in [-0.1, -0.05) is 58.1 Å². The number of carbonyl (C=O) groups is 2. The van der Waals surface area contributed by atoms with Crippen molar-refractivity contribution in [2.45, 2.75) is 71.3 Å². The average Bonchev–Trinajstić information content (AvgIpc) is 2.77. The molecule has 0 bridgehead atoms. The molecule has 0 saturated heterocycles. The highest BCUT2D eigenvalue weighted by Crippen LogP contribution is 2.15. The van der Waals surface area contributed by atoms with Crippen molar-refractivity contribution >= 4 is 12.1 Å². The molecule has 31 heavy (non-hydrogen) atoms. The molecule has 1 amide bonds. The van der Waals surface area contributed by atoms with Gasteiger partial charge in [0.2, 0.25) is 0 Å². The summed E-state index contributed by atoms with van der Waals surface area (Å²) in [5, 5.41) is 9.33. The van der Waals surface area contributed by atoms with Gasteiger partial charge in [0.1, 0.15) is 12.4 Å². The van der Waals surface area contributed by atoms with Gasteiger partial charge in [-0.05, 0) is 30.5 Å². The number of rotatable bonds is 17. The molecular weight excluding hydrogens is 398 g/mol. The molecule has 0 spiro atoms. The minimum Gasteiger partial charge on any atom is -0.492 e. The lowest BCUT2D eigenvalue weighted by atomic mass is 10.1. The third-order valence-corrected chi connectivity index (χ3v) is 5.03. The monoisotopic (exact) mass is 437 g/mol. The van der Waals surface area contributed by atoms with Crippen LogP contribution in [0, 0.1) is 0 Å². The van der Waals surface area contributed by atoms with Crippen LogP contribution in [0.1, 0.15) is 64.4 Å². The normalized spacial score (nSPS) is 11.7. The van der Waals surface area contributed by atoms with E-state index in [4.69, 9.17) is 14.2 Å². The van der Waals surface area contributed by atoms with Crippen molar-refractivity contribution in [3.8, 4) is 5.75 Å². The van der Waals surface area contributed by atoms with Crippen LogP contribution in [0.4, 0.5) is 4.79 Å². The highest BCUT2D eigenvalue weighted by molar-refractivity contribution is 5.72. The van der Waals surface area contributed by atoms with E-state index in [2.05, 4.69) is 6.92 Å². The zero-order valence-corrected chi connectivity index (χ0v) is 19.3. The van der Waals surface area contributed by atoms with Crippen molar-refractivity contribution in [3.63, 3.8) is 0 Å². The molecule has 1 aromatic carbocycles. The van der Waals surface area contributed by atoms with Gasteiger partial charge in [-0.3, -0.25) is 0 Å². The van der Waals surface area contributed by atoms with Gasteiger partial charge >= 0.3 is 12.1 Å². The van der Waals surface area contributed by atoms with Crippen LogP contribution in [-0.2, 0) is 20.7 Å². The first-order valence-electron chi connectivity index (χ1n) is 11.4. The quantitative estimate of drug-likeness (QED) is 0.348. The van der Waals surface area contributed by atoms with Crippen molar-refractivity contribution < 1.29 is 28.9 Å². The molecule has 0 saturated carbocycles. The van der Waals surface area contributed by atoms with E-state index in [1.165, 1.54) is 26.4 Å². The SMILES string of the molecule is CCCCCCCN(CCOc1ccc(CC(OCCCC)C(=O)O)cc1)C(=O)OC. The van der Waals surface area contributed by atoms with Crippen molar-refractivity contribution in [3.05, 3.63) is 29.8 Å². The van der Waals surface area contributed by atoms with Crippen LogP contribution in [0.25, 0.3) is 0 Å². The molecule has 0 heterocycles. The second-order valence-electron chi connectivity index (χ2n) is 7.62. The maximum Gasteiger partial charge on any atom is 0.409 e. The molecule has 0 radical (unpaired) electrons. The molecule has 176 valence electrons. The molecule has 1 aromatic rings. The summed E-state index contributed by atoms with van der Waals surface area (Å²) in [6, 6.07) is 7.32. The third kappa shape index (κ3) is 11.6. The molecule has 0 aromatic heterocycles. The van der Waals surface area contributed by atoms with Gasteiger partial charge in [0.05, 0.1) is 13.7 Å². The van der Waals surface area contributed by atoms with Crippen LogP contribution in [0.2, 0.25) is 0 Å². The highest BCUT2D eigenvalue weighted by Gasteiger charge is 2.18. The van der Waals surface area contributed by atoms with Crippen LogP contribution in [-0.4, -0.2) is 61.6 Å².